The monoisotopic (exact) mass is 486 g/mol. The predicted octanol–water partition coefficient (Wildman–Crippen LogP) is 4.71. The topological polar surface area (TPSA) is 89.0 Å². The van der Waals surface area contributed by atoms with Crippen LogP contribution in [0.5, 0.6) is 5.75 Å². The van der Waals surface area contributed by atoms with Gasteiger partial charge in [-0.1, -0.05) is 11.6 Å². The van der Waals surface area contributed by atoms with Gasteiger partial charge < -0.3 is 14.3 Å². The third kappa shape index (κ3) is 5.96. The third-order valence-corrected chi connectivity index (χ3v) is 7.23. The van der Waals surface area contributed by atoms with Crippen molar-refractivity contribution >= 4 is 32.5 Å². The van der Waals surface area contributed by atoms with Crippen LogP contribution in [-0.4, -0.2) is 36.1 Å². The van der Waals surface area contributed by atoms with Crippen molar-refractivity contribution in [3.8, 4) is 5.75 Å². The molecule has 0 aliphatic rings. The molecule has 2 aromatic carbocycles. The van der Waals surface area contributed by atoms with Crippen LogP contribution in [0, 0.1) is 6.92 Å². The molecule has 0 radical (unpaired) electrons. The number of aryl methyl sites for hydroxylation is 3. The lowest BCUT2D eigenvalue weighted by molar-refractivity contribution is 0.301. The number of nitrogens with one attached hydrogen (secondary N) is 2. The number of benzene rings is 2. The smallest absolute Gasteiger partial charge is 0.240 e. The summed E-state index contributed by atoms with van der Waals surface area (Å²) in [7, 11) is -3.57. The minimum Gasteiger partial charge on any atom is -0.494 e. The van der Waals surface area contributed by atoms with E-state index < -0.39 is 10.0 Å². The van der Waals surface area contributed by atoms with E-state index in [2.05, 4.69) is 19.3 Å². The number of nitrogens with zero attached hydrogens (tertiary/aromatic N) is 2. The Kier molecular flexibility index (Phi) is 7.37. The number of rotatable bonds is 11. The van der Waals surface area contributed by atoms with Crippen molar-refractivity contribution in [2.45, 2.75) is 37.6 Å². The molecule has 0 saturated heterocycles. The van der Waals surface area contributed by atoms with Crippen LogP contribution in [-0.2, 0) is 23.0 Å². The number of imidazole rings is 1. The van der Waals surface area contributed by atoms with Crippen molar-refractivity contribution in [1.82, 2.24) is 19.3 Å². The summed E-state index contributed by atoms with van der Waals surface area (Å²) in [6.45, 7) is 3.68. The maximum atomic E-state index is 12.6. The Hall–Kier alpha value is -2.81. The number of aromatic nitrogens is 3. The number of fused-ring (bicyclic) bond motifs is 1. The first kappa shape index (κ1) is 23.4. The number of hydrogen-bond acceptors (Lipinski definition) is 4. The molecule has 0 aliphatic heterocycles. The van der Waals surface area contributed by atoms with Crippen LogP contribution in [0.2, 0.25) is 5.02 Å². The third-order valence-electron chi connectivity index (χ3n) is 5.51. The number of ether oxygens (including phenoxy) is 1. The SMILES string of the molecule is Cc1nccn1CCCOc1ccc(S(=O)(=O)NCCCc2c[nH]c3ccc(Cl)cc23)cc1. The minimum atomic E-state index is -3.57. The van der Waals surface area contributed by atoms with Gasteiger partial charge in [0, 0.05) is 47.6 Å². The lowest BCUT2D eigenvalue weighted by atomic mass is 10.1. The van der Waals surface area contributed by atoms with Crippen molar-refractivity contribution in [1.29, 1.82) is 0 Å². The van der Waals surface area contributed by atoms with Crippen LogP contribution in [0.4, 0.5) is 0 Å². The number of sulfonamides is 1. The van der Waals surface area contributed by atoms with E-state index in [0.717, 1.165) is 41.7 Å². The molecule has 7 nitrogen and oxygen atoms in total. The van der Waals surface area contributed by atoms with E-state index in [4.69, 9.17) is 16.3 Å². The number of halogens is 1. The number of hydrogen-bond donors (Lipinski definition) is 2. The Balaban J connectivity index is 1.23. The zero-order chi connectivity index (χ0) is 23.3. The zero-order valence-corrected chi connectivity index (χ0v) is 20.0. The molecular weight excluding hydrogens is 460 g/mol. The van der Waals surface area contributed by atoms with Crippen molar-refractivity contribution in [2.24, 2.45) is 0 Å². The number of H-pyrrole nitrogens is 1. The molecule has 4 aromatic rings. The van der Waals surface area contributed by atoms with Crippen molar-refractivity contribution < 1.29 is 13.2 Å². The van der Waals surface area contributed by atoms with Gasteiger partial charge in [-0.05, 0) is 74.2 Å². The Bertz CT molecular complexity index is 1310. The Morgan fingerprint density at radius 2 is 1.97 bits per heavy atom. The molecule has 9 heteroatoms. The average molecular weight is 487 g/mol. The Morgan fingerprint density at radius 1 is 1.15 bits per heavy atom. The molecule has 0 saturated carbocycles. The van der Waals surface area contributed by atoms with Gasteiger partial charge in [-0.2, -0.15) is 0 Å². The fourth-order valence-corrected chi connectivity index (χ4v) is 4.95. The lowest BCUT2D eigenvalue weighted by Gasteiger charge is -2.10. The summed E-state index contributed by atoms with van der Waals surface area (Å²) in [5.74, 6) is 1.62. The summed E-state index contributed by atoms with van der Waals surface area (Å²) in [5.41, 5.74) is 2.14. The van der Waals surface area contributed by atoms with Crippen LogP contribution >= 0.6 is 11.6 Å². The molecule has 174 valence electrons. The first-order valence-corrected chi connectivity index (χ1v) is 12.7. The predicted molar refractivity (Wildman–Crippen MR) is 130 cm³/mol. The van der Waals surface area contributed by atoms with E-state index in [0.29, 0.717) is 30.3 Å². The van der Waals surface area contributed by atoms with E-state index in [-0.39, 0.29) is 4.90 Å². The van der Waals surface area contributed by atoms with Crippen LogP contribution < -0.4 is 9.46 Å². The molecule has 0 spiro atoms. The maximum absolute atomic E-state index is 12.6. The molecule has 4 rings (SSSR count). The molecule has 0 amide bonds. The second-order valence-electron chi connectivity index (χ2n) is 7.85. The summed E-state index contributed by atoms with van der Waals surface area (Å²) >= 11 is 6.09. The summed E-state index contributed by atoms with van der Waals surface area (Å²) in [4.78, 5) is 7.64. The highest BCUT2D eigenvalue weighted by molar-refractivity contribution is 7.89. The molecule has 2 heterocycles. The second-order valence-corrected chi connectivity index (χ2v) is 10.0. The van der Waals surface area contributed by atoms with Crippen molar-refractivity contribution in [2.75, 3.05) is 13.2 Å². The van der Waals surface area contributed by atoms with Gasteiger partial charge >= 0.3 is 0 Å². The molecule has 0 unspecified atom stereocenters. The molecule has 33 heavy (non-hydrogen) atoms. The lowest BCUT2D eigenvalue weighted by Crippen LogP contribution is -2.25. The van der Waals surface area contributed by atoms with Gasteiger partial charge in [0.15, 0.2) is 0 Å². The van der Waals surface area contributed by atoms with Gasteiger partial charge in [0.25, 0.3) is 0 Å². The molecular formula is C24H27ClN4O3S. The molecule has 0 atom stereocenters. The van der Waals surface area contributed by atoms with E-state index in [1.165, 1.54) is 0 Å². The second kappa shape index (κ2) is 10.4. The van der Waals surface area contributed by atoms with E-state index in [9.17, 15) is 8.42 Å². The first-order chi connectivity index (χ1) is 15.9. The largest absolute Gasteiger partial charge is 0.494 e. The van der Waals surface area contributed by atoms with E-state index in [1.807, 2.05) is 37.5 Å². The van der Waals surface area contributed by atoms with Crippen LogP contribution in [0.3, 0.4) is 0 Å². The average Bonchev–Trinajstić information content (AvgIpc) is 3.40. The van der Waals surface area contributed by atoms with E-state index in [1.54, 1.807) is 30.5 Å². The summed E-state index contributed by atoms with van der Waals surface area (Å²) in [6, 6.07) is 12.2. The minimum absolute atomic E-state index is 0.225. The van der Waals surface area contributed by atoms with Gasteiger partial charge in [0.2, 0.25) is 10.0 Å². The molecule has 0 aliphatic carbocycles. The van der Waals surface area contributed by atoms with Crippen molar-refractivity contribution in [3.05, 3.63) is 77.5 Å². The van der Waals surface area contributed by atoms with Crippen LogP contribution in [0.25, 0.3) is 10.9 Å². The van der Waals surface area contributed by atoms with Gasteiger partial charge in [-0.3, -0.25) is 0 Å². The standard InChI is InChI=1S/C24H27ClN4O3S/c1-18-26-12-14-29(18)13-3-15-32-21-6-8-22(9-7-21)33(30,31)28-11-2-4-19-17-27-24-10-5-20(25)16-23(19)24/h5-10,12,14,16-17,27-28H,2-4,11,13,15H2,1H3. The summed E-state index contributed by atoms with van der Waals surface area (Å²) < 4.78 is 35.7. The fraction of sp³-hybridized carbons (Fsp3) is 0.292. The maximum Gasteiger partial charge on any atom is 0.240 e. The van der Waals surface area contributed by atoms with Crippen LogP contribution in [0.15, 0.2) is 66.0 Å². The highest BCUT2D eigenvalue weighted by Gasteiger charge is 2.13. The van der Waals surface area contributed by atoms with Crippen LogP contribution in [0.1, 0.15) is 24.2 Å². The molecule has 2 N–H and O–H groups in total. The summed E-state index contributed by atoms with van der Waals surface area (Å²) in [6.07, 6.45) is 7.93. The van der Waals surface area contributed by atoms with Gasteiger partial charge in [-0.25, -0.2) is 18.1 Å². The molecule has 0 bridgehead atoms. The quantitative estimate of drug-likeness (QED) is 0.300. The van der Waals surface area contributed by atoms with Gasteiger partial charge in [0.1, 0.15) is 11.6 Å². The van der Waals surface area contributed by atoms with Crippen molar-refractivity contribution in [3.63, 3.8) is 0 Å². The molecule has 0 fully saturated rings. The summed E-state index contributed by atoms with van der Waals surface area (Å²) in [5, 5.41) is 1.76. The van der Waals surface area contributed by atoms with Gasteiger partial charge in [0.05, 0.1) is 11.5 Å². The normalized spacial score (nSPS) is 11.8. The van der Waals surface area contributed by atoms with E-state index >= 15 is 0 Å². The van der Waals surface area contributed by atoms with Gasteiger partial charge in [-0.15, -0.1) is 0 Å². The Labute approximate surface area is 198 Å². The Morgan fingerprint density at radius 3 is 2.73 bits per heavy atom. The zero-order valence-electron chi connectivity index (χ0n) is 18.4. The highest BCUT2D eigenvalue weighted by atomic mass is 35.5. The first-order valence-electron chi connectivity index (χ1n) is 10.9. The number of aromatic amines is 1. The highest BCUT2D eigenvalue weighted by Crippen LogP contribution is 2.23. The molecule has 2 aromatic heterocycles. The fourth-order valence-electron chi connectivity index (χ4n) is 3.71.